The largest absolute Gasteiger partial charge is 0.508 e. The number of rotatable bonds is 7. The molecule has 34 heavy (non-hydrogen) atoms. The fourth-order valence-electron chi connectivity index (χ4n) is 3.75. The van der Waals surface area contributed by atoms with Crippen LogP contribution in [0.4, 0.5) is 14.9 Å². The predicted octanol–water partition coefficient (Wildman–Crippen LogP) is 3.82. The van der Waals surface area contributed by atoms with Crippen LogP contribution in [0.25, 0.3) is 0 Å². The van der Waals surface area contributed by atoms with Crippen molar-refractivity contribution in [3.8, 4) is 11.5 Å². The van der Waals surface area contributed by atoms with Gasteiger partial charge >= 0.3 is 12.1 Å². The minimum absolute atomic E-state index is 0.0400. The second kappa shape index (κ2) is 9.80. The van der Waals surface area contributed by atoms with Crippen molar-refractivity contribution < 1.29 is 38.4 Å². The van der Waals surface area contributed by atoms with Gasteiger partial charge in [0, 0.05) is 5.69 Å². The second-order valence-corrected chi connectivity index (χ2v) is 7.63. The Hall–Kier alpha value is -4.11. The Labute approximate surface area is 194 Å². The van der Waals surface area contributed by atoms with Crippen molar-refractivity contribution in [1.29, 1.82) is 0 Å². The summed E-state index contributed by atoms with van der Waals surface area (Å²) in [4.78, 5) is 25.7. The molecule has 1 saturated heterocycles. The molecule has 0 bridgehead atoms. The molecule has 1 heterocycles. The van der Waals surface area contributed by atoms with Gasteiger partial charge in [0.15, 0.2) is 6.10 Å². The van der Waals surface area contributed by atoms with Crippen molar-refractivity contribution >= 4 is 17.7 Å². The number of benzene rings is 3. The molecule has 3 atom stereocenters. The maximum absolute atomic E-state index is 13.4. The molecule has 3 unspecified atom stereocenters. The zero-order chi connectivity index (χ0) is 24.2. The fourth-order valence-corrected chi connectivity index (χ4v) is 3.75. The number of esters is 1. The minimum atomic E-state index is -1.23. The van der Waals surface area contributed by atoms with E-state index in [9.17, 15) is 24.2 Å². The number of aliphatic hydroxyl groups excluding tert-OH is 1. The SMILES string of the molecule is COC(=O)c1ccc(OCC(O)C2OC(=O)N(c3ccc(F)cc3)C2c2ccc(O)cc2)cc1. The quantitative estimate of drug-likeness (QED) is 0.509. The van der Waals surface area contributed by atoms with Crippen LogP contribution in [0.5, 0.6) is 11.5 Å². The first-order valence-corrected chi connectivity index (χ1v) is 10.4. The van der Waals surface area contributed by atoms with Gasteiger partial charge < -0.3 is 24.4 Å². The van der Waals surface area contributed by atoms with E-state index in [0.717, 1.165) is 0 Å². The summed E-state index contributed by atoms with van der Waals surface area (Å²) in [5.74, 6) is -0.506. The van der Waals surface area contributed by atoms with Crippen LogP contribution in [0.2, 0.25) is 0 Å². The van der Waals surface area contributed by atoms with Gasteiger partial charge in [-0.05, 0) is 66.2 Å². The van der Waals surface area contributed by atoms with Crippen molar-refractivity contribution in [3.63, 3.8) is 0 Å². The molecule has 8 nitrogen and oxygen atoms in total. The lowest BCUT2D eigenvalue weighted by Crippen LogP contribution is -2.38. The Morgan fingerprint density at radius 2 is 1.71 bits per heavy atom. The van der Waals surface area contributed by atoms with Gasteiger partial charge in [0.05, 0.1) is 12.7 Å². The van der Waals surface area contributed by atoms with Crippen molar-refractivity contribution in [1.82, 2.24) is 0 Å². The van der Waals surface area contributed by atoms with Crippen LogP contribution in [0.1, 0.15) is 22.0 Å². The molecule has 9 heteroatoms. The highest BCUT2D eigenvalue weighted by atomic mass is 19.1. The van der Waals surface area contributed by atoms with Crippen LogP contribution in [0.3, 0.4) is 0 Å². The summed E-state index contributed by atoms with van der Waals surface area (Å²) in [5.41, 5.74) is 1.33. The average molecular weight is 467 g/mol. The molecule has 4 rings (SSSR count). The number of anilines is 1. The molecule has 1 fully saturated rings. The van der Waals surface area contributed by atoms with Crippen molar-refractivity contribution in [2.75, 3.05) is 18.6 Å². The summed E-state index contributed by atoms with van der Waals surface area (Å²) in [7, 11) is 1.28. The van der Waals surface area contributed by atoms with Gasteiger partial charge in [-0.1, -0.05) is 12.1 Å². The Kier molecular flexibility index (Phi) is 6.65. The number of hydrogen-bond acceptors (Lipinski definition) is 7. The highest BCUT2D eigenvalue weighted by Gasteiger charge is 2.47. The summed E-state index contributed by atoms with van der Waals surface area (Å²) >= 11 is 0. The third kappa shape index (κ3) is 4.79. The molecular weight excluding hydrogens is 445 g/mol. The van der Waals surface area contributed by atoms with Crippen LogP contribution in [-0.2, 0) is 9.47 Å². The highest BCUT2D eigenvalue weighted by molar-refractivity contribution is 5.91. The van der Waals surface area contributed by atoms with Crippen LogP contribution in [0, 0.1) is 5.82 Å². The standard InChI is InChI=1S/C25H22FNO7/c1-32-24(30)16-4-12-20(13-5-16)33-14-21(29)23-22(15-2-10-19(28)11-3-15)27(25(31)34-23)18-8-6-17(26)7-9-18/h2-13,21-23,28-29H,14H2,1H3. The number of phenolic OH excluding ortho intramolecular Hbond substituents is 1. The van der Waals surface area contributed by atoms with Gasteiger partial charge in [0.25, 0.3) is 0 Å². The first kappa shape index (κ1) is 23.1. The van der Waals surface area contributed by atoms with Gasteiger partial charge in [-0.2, -0.15) is 0 Å². The third-order valence-electron chi connectivity index (χ3n) is 5.44. The van der Waals surface area contributed by atoms with Crippen LogP contribution in [-0.4, -0.2) is 48.2 Å². The van der Waals surface area contributed by atoms with E-state index in [4.69, 9.17) is 9.47 Å². The average Bonchev–Trinajstić information content (AvgIpc) is 3.20. The Morgan fingerprint density at radius 1 is 1.06 bits per heavy atom. The van der Waals surface area contributed by atoms with Gasteiger partial charge in [-0.25, -0.2) is 14.0 Å². The second-order valence-electron chi connectivity index (χ2n) is 7.63. The van der Waals surface area contributed by atoms with E-state index in [1.54, 1.807) is 24.3 Å². The fraction of sp³-hybridized carbons (Fsp3) is 0.200. The molecular formula is C25H22FNO7. The zero-order valence-corrected chi connectivity index (χ0v) is 18.1. The number of hydrogen-bond donors (Lipinski definition) is 2. The Bertz CT molecular complexity index is 1150. The number of ether oxygens (including phenoxy) is 3. The van der Waals surface area contributed by atoms with E-state index in [1.165, 1.54) is 60.5 Å². The topological polar surface area (TPSA) is 106 Å². The van der Waals surface area contributed by atoms with Crippen molar-refractivity contribution in [3.05, 3.63) is 89.7 Å². The number of aromatic hydroxyl groups is 1. The predicted molar refractivity (Wildman–Crippen MR) is 119 cm³/mol. The minimum Gasteiger partial charge on any atom is -0.508 e. The number of methoxy groups -OCH3 is 1. The van der Waals surface area contributed by atoms with E-state index in [-0.39, 0.29) is 12.4 Å². The maximum Gasteiger partial charge on any atom is 0.415 e. The molecule has 176 valence electrons. The molecule has 0 saturated carbocycles. The number of halogens is 1. The molecule has 3 aromatic carbocycles. The number of nitrogens with zero attached hydrogens (tertiary/aromatic N) is 1. The Morgan fingerprint density at radius 3 is 2.32 bits per heavy atom. The molecule has 1 aliphatic heterocycles. The molecule has 1 amide bonds. The summed E-state index contributed by atoms with van der Waals surface area (Å²) in [5, 5.41) is 20.6. The summed E-state index contributed by atoms with van der Waals surface area (Å²) in [6.45, 7) is -0.207. The lowest BCUT2D eigenvalue weighted by molar-refractivity contribution is -0.00646. The number of cyclic esters (lactones) is 1. The van der Waals surface area contributed by atoms with Crippen LogP contribution >= 0.6 is 0 Å². The number of carbonyl (C=O) groups excluding carboxylic acids is 2. The van der Waals surface area contributed by atoms with Crippen LogP contribution < -0.4 is 9.64 Å². The Balaban J connectivity index is 1.56. The number of phenols is 1. The molecule has 1 aliphatic rings. The molecule has 0 radical (unpaired) electrons. The van der Waals surface area contributed by atoms with E-state index in [1.807, 2.05) is 0 Å². The van der Waals surface area contributed by atoms with E-state index in [0.29, 0.717) is 22.6 Å². The molecule has 0 spiro atoms. The third-order valence-corrected chi connectivity index (χ3v) is 5.44. The first-order chi connectivity index (χ1) is 16.4. The number of aliphatic hydroxyl groups is 1. The lowest BCUT2D eigenvalue weighted by atomic mass is 9.96. The van der Waals surface area contributed by atoms with Gasteiger partial charge in [-0.3, -0.25) is 4.90 Å². The van der Waals surface area contributed by atoms with E-state index < -0.39 is 36.1 Å². The maximum atomic E-state index is 13.4. The summed E-state index contributed by atoms with van der Waals surface area (Å²) < 4.78 is 29.3. The highest BCUT2D eigenvalue weighted by Crippen LogP contribution is 2.39. The normalized spacial score (nSPS) is 18.3. The molecule has 0 aromatic heterocycles. The van der Waals surface area contributed by atoms with Gasteiger partial charge in [0.2, 0.25) is 0 Å². The lowest BCUT2D eigenvalue weighted by Gasteiger charge is -2.27. The molecule has 0 aliphatic carbocycles. The number of carbonyl (C=O) groups is 2. The summed E-state index contributed by atoms with van der Waals surface area (Å²) in [6.07, 6.45) is -2.96. The smallest absolute Gasteiger partial charge is 0.415 e. The van der Waals surface area contributed by atoms with Crippen molar-refractivity contribution in [2.45, 2.75) is 18.2 Å². The number of amides is 1. The molecule has 2 N–H and O–H groups in total. The molecule has 3 aromatic rings. The van der Waals surface area contributed by atoms with Gasteiger partial charge in [-0.15, -0.1) is 0 Å². The summed E-state index contributed by atoms with van der Waals surface area (Å²) in [6, 6.07) is 16.9. The first-order valence-electron chi connectivity index (χ1n) is 10.4. The van der Waals surface area contributed by atoms with Crippen molar-refractivity contribution in [2.24, 2.45) is 0 Å². The van der Waals surface area contributed by atoms with Gasteiger partial charge in [0.1, 0.15) is 36.1 Å². The monoisotopic (exact) mass is 467 g/mol. The zero-order valence-electron chi connectivity index (χ0n) is 18.1. The van der Waals surface area contributed by atoms with Crippen LogP contribution in [0.15, 0.2) is 72.8 Å². The van der Waals surface area contributed by atoms with E-state index in [2.05, 4.69) is 4.74 Å². The van der Waals surface area contributed by atoms with E-state index >= 15 is 0 Å².